The third-order valence-corrected chi connectivity index (χ3v) is 2.79. The molecule has 1 aliphatic rings. The Balaban J connectivity index is 2.22. The van der Waals surface area contributed by atoms with Crippen LogP contribution < -0.4 is 10.4 Å². The molecule has 0 bridgehead atoms. The Morgan fingerprint density at radius 2 is 2.17 bits per heavy atom. The molecular formula is C12H9N3O3. The molecule has 6 nitrogen and oxygen atoms in total. The van der Waals surface area contributed by atoms with Crippen molar-refractivity contribution in [3.8, 4) is 0 Å². The van der Waals surface area contributed by atoms with E-state index in [1.807, 2.05) is 6.07 Å². The third-order valence-electron chi connectivity index (χ3n) is 2.79. The lowest BCUT2D eigenvalue weighted by atomic mass is 10.1. The Morgan fingerprint density at radius 1 is 1.33 bits per heavy atom. The molecule has 18 heavy (non-hydrogen) atoms. The second kappa shape index (κ2) is 3.71. The number of benzene rings is 1. The van der Waals surface area contributed by atoms with Gasteiger partial charge in [0, 0.05) is 17.8 Å². The number of hydrogen-bond acceptors (Lipinski definition) is 5. The molecule has 0 saturated heterocycles. The van der Waals surface area contributed by atoms with Gasteiger partial charge in [0.05, 0.1) is 16.9 Å². The number of aromatic nitrogens is 1. The van der Waals surface area contributed by atoms with Gasteiger partial charge >= 0.3 is 5.97 Å². The van der Waals surface area contributed by atoms with Gasteiger partial charge in [-0.3, -0.25) is 10.2 Å². The number of carbonyl (C=O) groups is 1. The van der Waals surface area contributed by atoms with E-state index in [1.165, 1.54) is 6.20 Å². The molecule has 1 aromatic carbocycles. The highest BCUT2D eigenvalue weighted by atomic mass is 16.5. The largest absolute Gasteiger partial charge is 0.476 e. The summed E-state index contributed by atoms with van der Waals surface area (Å²) < 4.78 is 0. The normalized spacial score (nSPS) is 13.8. The third kappa shape index (κ3) is 1.40. The number of carboxylic acids is 1. The minimum absolute atomic E-state index is 0.231. The average Bonchev–Trinajstić information content (AvgIpc) is 2.38. The summed E-state index contributed by atoms with van der Waals surface area (Å²) in [5, 5.41) is 23.2. The van der Waals surface area contributed by atoms with Crippen molar-refractivity contribution in [1.82, 2.24) is 4.98 Å². The van der Waals surface area contributed by atoms with Crippen molar-refractivity contribution in [3.05, 3.63) is 42.4 Å². The Labute approximate surface area is 102 Å². The summed E-state index contributed by atoms with van der Waals surface area (Å²) in [6.07, 6.45) is 2.92. The highest BCUT2D eigenvalue weighted by Gasteiger charge is 2.24. The number of nitrogens with zero attached hydrogens (tertiary/aromatic N) is 2. The van der Waals surface area contributed by atoms with Crippen LogP contribution >= 0.6 is 0 Å². The molecule has 1 aliphatic heterocycles. The SMILES string of the molecule is O=C(O)C1=CNc2c(ccc3ncccc23)N1O. The maximum Gasteiger partial charge on any atom is 0.356 e. The molecule has 0 amide bonds. The second-order valence-electron chi connectivity index (χ2n) is 3.82. The first-order valence-electron chi connectivity index (χ1n) is 5.25. The molecule has 0 radical (unpaired) electrons. The van der Waals surface area contributed by atoms with Crippen molar-refractivity contribution in [2.24, 2.45) is 0 Å². The van der Waals surface area contributed by atoms with E-state index in [-0.39, 0.29) is 5.70 Å². The van der Waals surface area contributed by atoms with Crippen LogP contribution in [0.2, 0.25) is 0 Å². The summed E-state index contributed by atoms with van der Waals surface area (Å²) in [5.41, 5.74) is 1.55. The number of hydrogen-bond donors (Lipinski definition) is 3. The fraction of sp³-hybridized carbons (Fsp3) is 0. The zero-order valence-electron chi connectivity index (χ0n) is 9.16. The van der Waals surface area contributed by atoms with Crippen LogP contribution in [-0.4, -0.2) is 21.3 Å². The van der Waals surface area contributed by atoms with Crippen molar-refractivity contribution in [2.75, 3.05) is 10.4 Å². The molecule has 0 fully saturated rings. The summed E-state index contributed by atoms with van der Waals surface area (Å²) in [5.74, 6) is -1.21. The van der Waals surface area contributed by atoms with Gasteiger partial charge in [0.25, 0.3) is 0 Å². The van der Waals surface area contributed by atoms with Crippen LogP contribution in [0.5, 0.6) is 0 Å². The number of carboxylic acid groups (broad SMARTS) is 1. The Kier molecular flexibility index (Phi) is 2.17. The number of nitrogens with one attached hydrogen (secondary N) is 1. The molecule has 6 heteroatoms. The molecule has 0 aliphatic carbocycles. The van der Waals surface area contributed by atoms with Crippen molar-refractivity contribution in [3.63, 3.8) is 0 Å². The van der Waals surface area contributed by atoms with Gasteiger partial charge in [-0.15, -0.1) is 0 Å². The van der Waals surface area contributed by atoms with Gasteiger partial charge in [0.2, 0.25) is 0 Å². The number of aliphatic carboxylic acids is 1. The van der Waals surface area contributed by atoms with Crippen molar-refractivity contribution < 1.29 is 15.1 Å². The number of pyridine rings is 1. The van der Waals surface area contributed by atoms with Gasteiger partial charge in [-0.1, -0.05) is 0 Å². The predicted molar refractivity (Wildman–Crippen MR) is 65.4 cm³/mol. The lowest BCUT2D eigenvalue weighted by Gasteiger charge is -2.25. The molecule has 2 heterocycles. The molecule has 3 rings (SSSR count). The highest BCUT2D eigenvalue weighted by molar-refractivity contribution is 6.03. The smallest absolute Gasteiger partial charge is 0.356 e. The lowest BCUT2D eigenvalue weighted by molar-refractivity contribution is -0.133. The highest BCUT2D eigenvalue weighted by Crippen LogP contribution is 2.36. The van der Waals surface area contributed by atoms with E-state index in [0.717, 1.165) is 10.9 Å². The van der Waals surface area contributed by atoms with Gasteiger partial charge in [-0.25, -0.2) is 9.86 Å². The van der Waals surface area contributed by atoms with E-state index in [4.69, 9.17) is 5.11 Å². The first kappa shape index (κ1) is 10.5. The fourth-order valence-electron chi connectivity index (χ4n) is 1.95. The van der Waals surface area contributed by atoms with E-state index in [9.17, 15) is 10.0 Å². The lowest BCUT2D eigenvalue weighted by Crippen LogP contribution is -2.28. The van der Waals surface area contributed by atoms with Gasteiger partial charge in [0.15, 0.2) is 5.70 Å². The van der Waals surface area contributed by atoms with Crippen LogP contribution in [0.1, 0.15) is 0 Å². The molecule has 0 atom stereocenters. The molecule has 0 unspecified atom stereocenters. The summed E-state index contributed by atoms with van der Waals surface area (Å²) in [6, 6.07) is 6.97. The van der Waals surface area contributed by atoms with Gasteiger partial charge in [-0.2, -0.15) is 0 Å². The minimum atomic E-state index is -1.21. The predicted octanol–water partition coefficient (Wildman–Crippen LogP) is 1.78. The van der Waals surface area contributed by atoms with Crippen LogP contribution in [-0.2, 0) is 4.79 Å². The number of rotatable bonds is 1. The van der Waals surface area contributed by atoms with E-state index in [1.54, 1.807) is 24.4 Å². The summed E-state index contributed by atoms with van der Waals surface area (Å²) in [7, 11) is 0. The van der Waals surface area contributed by atoms with Crippen LogP contribution in [0.4, 0.5) is 11.4 Å². The molecular weight excluding hydrogens is 234 g/mol. The van der Waals surface area contributed by atoms with Gasteiger partial charge < -0.3 is 10.4 Å². The molecule has 0 saturated carbocycles. The molecule has 90 valence electrons. The van der Waals surface area contributed by atoms with Crippen LogP contribution in [0.3, 0.4) is 0 Å². The quantitative estimate of drug-likeness (QED) is 0.707. The summed E-state index contributed by atoms with van der Waals surface area (Å²) in [6.45, 7) is 0. The molecule has 0 spiro atoms. The zero-order chi connectivity index (χ0) is 12.7. The first-order chi connectivity index (χ1) is 8.68. The standard InChI is InChI=1S/C12H9N3O3/c16-12(17)10-6-14-11-7-2-1-5-13-8(7)3-4-9(11)15(10)18/h1-6,14,18H,(H,16,17). The summed E-state index contributed by atoms with van der Waals surface area (Å²) in [4.78, 5) is 15.1. The summed E-state index contributed by atoms with van der Waals surface area (Å²) >= 11 is 0. The topological polar surface area (TPSA) is 85.7 Å². The Morgan fingerprint density at radius 3 is 2.94 bits per heavy atom. The molecule has 3 N–H and O–H groups in total. The van der Waals surface area contributed by atoms with Crippen LogP contribution in [0.15, 0.2) is 42.4 Å². The molecule has 2 aromatic rings. The first-order valence-corrected chi connectivity index (χ1v) is 5.25. The maximum absolute atomic E-state index is 10.9. The van der Waals surface area contributed by atoms with E-state index in [0.29, 0.717) is 16.4 Å². The van der Waals surface area contributed by atoms with Gasteiger partial charge in [0.1, 0.15) is 0 Å². The van der Waals surface area contributed by atoms with Crippen LogP contribution in [0.25, 0.3) is 10.9 Å². The Bertz CT molecular complexity index is 681. The van der Waals surface area contributed by atoms with Crippen LogP contribution in [0, 0.1) is 0 Å². The fourth-order valence-corrected chi connectivity index (χ4v) is 1.95. The zero-order valence-corrected chi connectivity index (χ0v) is 9.16. The van der Waals surface area contributed by atoms with Crippen molar-refractivity contribution in [2.45, 2.75) is 0 Å². The van der Waals surface area contributed by atoms with E-state index < -0.39 is 5.97 Å². The van der Waals surface area contributed by atoms with Crippen molar-refractivity contribution >= 4 is 28.2 Å². The molecule has 1 aromatic heterocycles. The minimum Gasteiger partial charge on any atom is -0.476 e. The number of fused-ring (bicyclic) bond motifs is 3. The second-order valence-corrected chi connectivity index (χ2v) is 3.82. The maximum atomic E-state index is 10.9. The average molecular weight is 243 g/mol. The van der Waals surface area contributed by atoms with Gasteiger partial charge in [-0.05, 0) is 24.3 Å². The number of hydroxylamine groups is 1. The monoisotopic (exact) mass is 243 g/mol. The van der Waals surface area contributed by atoms with Crippen molar-refractivity contribution in [1.29, 1.82) is 0 Å². The number of anilines is 2. The van der Waals surface area contributed by atoms with E-state index in [2.05, 4.69) is 10.3 Å². The van der Waals surface area contributed by atoms with E-state index >= 15 is 0 Å². The Hall–Kier alpha value is -2.60.